The van der Waals surface area contributed by atoms with Gasteiger partial charge in [0.25, 0.3) is 0 Å². The topological polar surface area (TPSA) is 21.3 Å². The van der Waals surface area contributed by atoms with Crippen LogP contribution in [0.4, 0.5) is 0 Å². The number of nitrogens with one attached hydrogen (secondary N) is 1. The molecule has 1 heterocycles. The zero-order chi connectivity index (χ0) is 9.80. The van der Waals surface area contributed by atoms with Gasteiger partial charge in [-0.1, -0.05) is 12.8 Å². The summed E-state index contributed by atoms with van der Waals surface area (Å²) in [4.78, 5) is 0. The Hall–Kier alpha value is -0.0800. The highest BCUT2D eigenvalue weighted by molar-refractivity contribution is 4.78. The number of hydrogen-bond donors (Lipinski definition) is 1. The fraction of sp³-hybridized carbons (Fsp3) is 1.00. The lowest BCUT2D eigenvalue weighted by Crippen LogP contribution is -2.44. The van der Waals surface area contributed by atoms with Gasteiger partial charge in [-0.25, -0.2) is 0 Å². The van der Waals surface area contributed by atoms with Crippen molar-refractivity contribution in [3.63, 3.8) is 0 Å². The van der Waals surface area contributed by atoms with Crippen molar-refractivity contribution in [2.45, 2.75) is 57.6 Å². The smallest absolute Gasteiger partial charge is 0.0725 e. The molecule has 0 bridgehead atoms. The second-order valence-electron chi connectivity index (χ2n) is 4.91. The summed E-state index contributed by atoms with van der Waals surface area (Å²) in [6, 6.07) is 0.560. The first-order valence-corrected chi connectivity index (χ1v) is 6.21. The zero-order valence-electron chi connectivity index (χ0n) is 9.30. The third-order valence-corrected chi connectivity index (χ3v) is 3.71. The molecule has 2 aliphatic rings. The molecule has 1 aliphatic heterocycles. The summed E-state index contributed by atoms with van der Waals surface area (Å²) in [5, 5.41) is 3.48. The van der Waals surface area contributed by atoms with Crippen molar-refractivity contribution in [2.24, 2.45) is 5.92 Å². The van der Waals surface area contributed by atoms with Crippen LogP contribution in [0.5, 0.6) is 0 Å². The maximum absolute atomic E-state index is 6.02. The molecule has 2 heteroatoms. The molecule has 2 rings (SSSR count). The molecule has 1 saturated heterocycles. The molecule has 0 aromatic carbocycles. The fourth-order valence-corrected chi connectivity index (χ4v) is 2.68. The lowest BCUT2D eigenvalue weighted by Gasteiger charge is -2.30. The van der Waals surface area contributed by atoms with Gasteiger partial charge in [0.05, 0.1) is 6.10 Å². The van der Waals surface area contributed by atoms with Crippen LogP contribution in [0.2, 0.25) is 0 Å². The van der Waals surface area contributed by atoms with Crippen molar-refractivity contribution in [1.29, 1.82) is 0 Å². The van der Waals surface area contributed by atoms with E-state index in [1.807, 2.05) is 0 Å². The Morgan fingerprint density at radius 2 is 1.93 bits per heavy atom. The van der Waals surface area contributed by atoms with E-state index in [0.29, 0.717) is 12.1 Å². The average Bonchev–Trinajstić information content (AvgIpc) is 2.69. The van der Waals surface area contributed by atoms with E-state index >= 15 is 0 Å². The van der Waals surface area contributed by atoms with E-state index in [9.17, 15) is 0 Å². The molecule has 1 aliphatic carbocycles. The Labute approximate surface area is 87.4 Å². The molecular weight excluding hydrogens is 174 g/mol. The zero-order valence-corrected chi connectivity index (χ0v) is 9.30. The average molecular weight is 197 g/mol. The van der Waals surface area contributed by atoms with Gasteiger partial charge in [-0.15, -0.1) is 0 Å². The van der Waals surface area contributed by atoms with Crippen molar-refractivity contribution in [3.8, 4) is 0 Å². The summed E-state index contributed by atoms with van der Waals surface area (Å²) in [6.45, 7) is 4.43. The number of hydrogen-bond acceptors (Lipinski definition) is 2. The first-order chi connectivity index (χ1) is 6.86. The van der Waals surface area contributed by atoms with Gasteiger partial charge in [0, 0.05) is 12.6 Å². The van der Waals surface area contributed by atoms with Gasteiger partial charge >= 0.3 is 0 Å². The highest BCUT2D eigenvalue weighted by atomic mass is 16.5. The minimum Gasteiger partial charge on any atom is -0.376 e. The van der Waals surface area contributed by atoms with Crippen LogP contribution < -0.4 is 5.32 Å². The van der Waals surface area contributed by atoms with Crippen LogP contribution in [0.1, 0.15) is 45.4 Å². The summed E-state index contributed by atoms with van der Waals surface area (Å²) in [5.74, 6) is 0.865. The molecule has 0 amide bonds. The van der Waals surface area contributed by atoms with Crippen molar-refractivity contribution in [3.05, 3.63) is 0 Å². The van der Waals surface area contributed by atoms with E-state index in [-0.39, 0.29) is 0 Å². The third kappa shape index (κ3) is 2.71. The molecule has 2 atom stereocenters. The van der Waals surface area contributed by atoms with Gasteiger partial charge in [-0.05, 0) is 45.1 Å². The van der Waals surface area contributed by atoms with Gasteiger partial charge in [0.1, 0.15) is 0 Å². The molecule has 0 aromatic rings. The third-order valence-electron chi connectivity index (χ3n) is 3.71. The van der Waals surface area contributed by atoms with Crippen molar-refractivity contribution in [1.82, 2.24) is 5.32 Å². The van der Waals surface area contributed by atoms with Crippen molar-refractivity contribution < 1.29 is 4.74 Å². The molecular formula is C12H23NO. The van der Waals surface area contributed by atoms with Gasteiger partial charge in [-0.3, -0.25) is 0 Å². The van der Waals surface area contributed by atoms with Crippen LogP contribution in [-0.4, -0.2) is 25.3 Å². The van der Waals surface area contributed by atoms with E-state index < -0.39 is 0 Å². The van der Waals surface area contributed by atoms with E-state index in [4.69, 9.17) is 4.74 Å². The van der Waals surface area contributed by atoms with E-state index in [2.05, 4.69) is 12.2 Å². The largest absolute Gasteiger partial charge is 0.376 e. The highest BCUT2D eigenvalue weighted by Gasteiger charge is 2.23. The van der Waals surface area contributed by atoms with Crippen LogP contribution in [0, 0.1) is 5.92 Å². The quantitative estimate of drug-likeness (QED) is 0.750. The first kappa shape index (κ1) is 10.4. The van der Waals surface area contributed by atoms with Crippen molar-refractivity contribution >= 4 is 0 Å². The normalized spacial score (nSPS) is 34.9. The summed E-state index contributed by atoms with van der Waals surface area (Å²) in [6.07, 6.45) is 8.65. The lowest BCUT2D eigenvalue weighted by atomic mass is 10.0. The van der Waals surface area contributed by atoms with Crippen LogP contribution >= 0.6 is 0 Å². The Balaban J connectivity index is 1.67. The Kier molecular flexibility index (Phi) is 3.82. The van der Waals surface area contributed by atoms with Gasteiger partial charge in [-0.2, -0.15) is 0 Å². The summed E-state index contributed by atoms with van der Waals surface area (Å²) in [5.41, 5.74) is 0. The van der Waals surface area contributed by atoms with Gasteiger partial charge in [0.2, 0.25) is 0 Å². The standard InChI is InChI=1S/C12H23NO/c1-10-12(7-4-8-13-10)14-9-11-5-2-3-6-11/h10-13H,2-9H2,1H3. The molecule has 0 aromatic heterocycles. The summed E-state index contributed by atoms with van der Waals surface area (Å²) in [7, 11) is 0. The second-order valence-corrected chi connectivity index (χ2v) is 4.91. The summed E-state index contributed by atoms with van der Waals surface area (Å²) >= 11 is 0. The number of piperidine rings is 1. The highest BCUT2D eigenvalue weighted by Crippen LogP contribution is 2.26. The molecule has 1 saturated carbocycles. The Morgan fingerprint density at radius 3 is 2.64 bits per heavy atom. The molecule has 82 valence electrons. The predicted molar refractivity (Wildman–Crippen MR) is 58.4 cm³/mol. The summed E-state index contributed by atoms with van der Waals surface area (Å²) < 4.78 is 6.02. The molecule has 14 heavy (non-hydrogen) atoms. The lowest BCUT2D eigenvalue weighted by molar-refractivity contribution is -0.00489. The monoisotopic (exact) mass is 197 g/mol. The van der Waals surface area contributed by atoms with Crippen LogP contribution in [-0.2, 0) is 4.74 Å². The van der Waals surface area contributed by atoms with Gasteiger partial charge in [0.15, 0.2) is 0 Å². The SMILES string of the molecule is CC1NCCCC1OCC1CCCC1. The van der Waals surface area contributed by atoms with Crippen LogP contribution in [0.25, 0.3) is 0 Å². The number of rotatable bonds is 3. The molecule has 2 fully saturated rings. The van der Waals surface area contributed by atoms with Gasteiger partial charge < -0.3 is 10.1 Å². The Bertz CT molecular complexity index is 166. The maximum atomic E-state index is 6.02. The first-order valence-electron chi connectivity index (χ1n) is 6.21. The fourth-order valence-electron chi connectivity index (χ4n) is 2.68. The molecule has 2 nitrogen and oxygen atoms in total. The van der Waals surface area contributed by atoms with Crippen LogP contribution in [0.15, 0.2) is 0 Å². The minimum absolute atomic E-state index is 0.476. The maximum Gasteiger partial charge on any atom is 0.0725 e. The Morgan fingerprint density at radius 1 is 1.14 bits per heavy atom. The van der Waals surface area contributed by atoms with Crippen molar-refractivity contribution in [2.75, 3.05) is 13.2 Å². The van der Waals surface area contributed by atoms with Crippen LogP contribution in [0.3, 0.4) is 0 Å². The molecule has 0 spiro atoms. The molecule has 0 radical (unpaired) electrons. The molecule has 2 unspecified atom stereocenters. The van der Waals surface area contributed by atoms with E-state index in [0.717, 1.165) is 12.5 Å². The van der Waals surface area contributed by atoms with E-state index in [1.165, 1.54) is 45.1 Å². The number of ether oxygens (including phenoxy) is 1. The second kappa shape index (κ2) is 5.13. The van der Waals surface area contributed by atoms with E-state index in [1.54, 1.807) is 0 Å². The molecule has 1 N–H and O–H groups in total. The minimum atomic E-state index is 0.476. The predicted octanol–water partition coefficient (Wildman–Crippen LogP) is 2.33.